The van der Waals surface area contributed by atoms with Gasteiger partial charge in [0.1, 0.15) is 0 Å². The van der Waals surface area contributed by atoms with Gasteiger partial charge in [-0.1, -0.05) is 0 Å². The van der Waals surface area contributed by atoms with Crippen molar-refractivity contribution in [2.75, 3.05) is 5.73 Å². The van der Waals surface area contributed by atoms with Crippen LogP contribution in [0.5, 0.6) is 0 Å². The monoisotopic (exact) mass is 375 g/mol. The summed E-state index contributed by atoms with van der Waals surface area (Å²) < 4.78 is 119. The molecule has 0 aliphatic rings. The van der Waals surface area contributed by atoms with E-state index in [4.69, 9.17) is 5.73 Å². The predicted octanol–water partition coefficient (Wildman–Crippen LogP) is 6.59. The van der Waals surface area contributed by atoms with Crippen LogP contribution in [0.15, 0.2) is 17.0 Å². The molecule has 1 aromatic rings. The van der Waals surface area contributed by atoms with Crippen molar-refractivity contribution in [3.63, 3.8) is 0 Å². The molecule has 136 valence electrons. The smallest absolute Gasteiger partial charge is 0.389 e. The molecule has 1 aromatic carbocycles. The Labute approximate surface area is 126 Å². The quantitative estimate of drug-likeness (QED) is 0.466. The molecule has 1 nitrogen and oxygen atoms in total. The van der Waals surface area contributed by atoms with Gasteiger partial charge in [-0.05, 0) is 37.1 Å². The zero-order valence-electron chi connectivity index (χ0n) is 12.0. The number of hydrogen-bond donors (Lipinski definition) is 1. The molecule has 23 heavy (non-hydrogen) atoms. The Morgan fingerprint density at radius 3 is 1.61 bits per heavy atom. The van der Waals surface area contributed by atoms with E-state index in [2.05, 4.69) is 0 Å². The molecule has 0 aliphatic carbocycles. The number of hydrogen-bond acceptors (Lipinski definition) is 1. The highest BCUT2D eigenvalue weighted by atomic mass is 32.5. The Bertz CT molecular complexity index is 606. The van der Waals surface area contributed by atoms with Crippen LogP contribution in [0.1, 0.15) is 24.0 Å². The van der Waals surface area contributed by atoms with Crippen molar-refractivity contribution in [2.45, 2.75) is 43.0 Å². The van der Waals surface area contributed by atoms with E-state index in [-0.39, 0.29) is 28.9 Å². The van der Waals surface area contributed by atoms with Crippen molar-refractivity contribution in [2.24, 2.45) is 0 Å². The number of aryl methyl sites for hydroxylation is 2. The highest BCUT2D eigenvalue weighted by Crippen LogP contribution is 3.07. The second kappa shape index (κ2) is 4.64. The molecule has 0 fully saturated rings. The van der Waals surface area contributed by atoms with Crippen molar-refractivity contribution >= 4 is 15.5 Å². The van der Waals surface area contributed by atoms with E-state index >= 15 is 0 Å². The average Bonchev–Trinajstić information content (AvgIpc) is 2.30. The summed E-state index contributed by atoms with van der Waals surface area (Å²) in [6.45, 7) is 2.10. The normalized spacial score (nSPS) is 16.8. The summed E-state index contributed by atoms with van der Waals surface area (Å²) in [6.07, 6.45) is -10.5. The van der Waals surface area contributed by atoms with Gasteiger partial charge in [0.25, 0.3) is 0 Å². The van der Waals surface area contributed by atoms with Crippen LogP contribution in [0.4, 0.5) is 43.2 Å². The Morgan fingerprint density at radius 1 is 0.870 bits per heavy atom. The summed E-state index contributed by atoms with van der Waals surface area (Å²) in [5.74, 6) is 0. The van der Waals surface area contributed by atoms with E-state index in [1.54, 1.807) is 0 Å². The number of rotatable bonds is 4. The Kier molecular flexibility index (Phi) is 3.99. The lowest BCUT2D eigenvalue weighted by Crippen LogP contribution is -2.37. The van der Waals surface area contributed by atoms with Gasteiger partial charge in [0.05, 0.1) is 11.3 Å². The molecule has 0 heterocycles. The molecule has 0 saturated carbocycles. The maximum Gasteiger partial charge on any atom is 0.389 e. The molecule has 0 amide bonds. The van der Waals surface area contributed by atoms with Crippen LogP contribution in [-0.4, -0.2) is 11.4 Å². The first kappa shape index (κ1) is 19.8. The van der Waals surface area contributed by atoms with Crippen LogP contribution in [0.25, 0.3) is 0 Å². The van der Waals surface area contributed by atoms with E-state index in [0.717, 1.165) is 13.8 Å². The van der Waals surface area contributed by atoms with Crippen molar-refractivity contribution < 1.29 is 37.5 Å². The van der Waals surface area contributed by atoms with Crippen molar-refractivity contribution in [3.8, 4) is 0 Å². The van der Waals surface area contributed by atoms with E-state index in [1.165, 1.54) is 0 Å². The van der Waals surface area contributed by atoms with E-state index in [9.17, 15) is 37.5 Å². The van der Waals surface area contributed by atoms with Crippen LogP contribution >= 0.6 is 9.84 Å². The minimum Gasteiger partial charge on any atom is -0.398 e. The van der Waals surface area contributed by atoms with Gasteiger partial charge in [-0.2, -0.15) is 22.0 Å². The summed E-state index contributed by atoms with van der Waals surface area (Å²) >= 11 is 0. The second-order valence-corrected chi connectivity index (χ2v) is 8.50. The number of halogens is 9. The van der Waals surface area contributed by atoms with E-state index < -0.39 is 39.0 Å². The molecule has 0 saturated heterocycles. The minimum atomic E-state index is -10.3. The Balaban J connectivity index is 3.53. The van der Waals surface area contributed by atoms with E-state index in [1.807, 2.05) is 0 Å². The third-order valence-corrected chi connectivity index (χ3v) is 5.93. The number of alkyl halides is 5. The minimum absolute atomic E-state index is 0.0887. The van der Waals surface area contributed by atoms with Gasteiger partial charge in [0, 0.05) is 12.1 Å². The first-order valence-corrected chi connectivity index (χ1v) is 8.17. The number of benzene rings is 1. The van der Waals surface area contributed by atoms with Gasteiger partial charge in [-0.3, -0.25) is 0 Å². The largest absolute Gasteiger partial charge is 0.398 e. The summed E-state index contributed by atoms with van der Waals surface area (Å²) in [5.41, 5.74) is 4.63. The van der Waals surface area contributed by atoms with Crippen molar-refractivity contribution in [3.05, 3.63) is 23.3 Å². The first-order chi connectivity index (χ1) is 9.81. The predicted molar refractivity (Wildman–Crippen MR) is 70.9 cm³/mol. The maximum absolute atomic E-state index is 14.0. The molecule has 0 aliphatic heterocycles. The zero-order valence-corrected chi connectivity index (χ0v) is 12.8. The molecule has 0 bridgehead atoms. The third kappa shape index (κ3) is 3.33. The standard InChI is InChI=1S/C12H14F9NS/c1-7-5-9(6-8(2)10(7)22)23(18,19,20,21)12(16,17)4-3-11(13,14)15/h5-6H,3-4,22H2,1-2H3. The van der Waals surface area contributed by atoms with Crippen LogP contribution < -0.4 is 5.73 Å². The van der Waals surface area contributed by atoms with Gasteiger partial charge in [0.2, 0.25) is 9.84 Å². The van der Waals surface area contributed by atoms with Crippen LogP contribution in [0.2, 0.25) is 0 Å². The first-order valence-electron chi connectivity index (χ1n) is 6.12. The molecule has 0 radical (unpaired) electrons. The lowest BCUT2D eigenvalue weighted by molar-refractivity contribution is -0.145. The SMILES string of the molecule is Cc1cc(S(F)(F)(F)(F)C(F)(F)CCC(F)(F)F)cc(C)c1N. The molecule has 0 aromatic heterocycles. The summed E-state index contributed by atoms with van der Waals surface area (Å²) in [6, 6.07) is 0.177. The molecule has 0 atom stereocenters. The molecular formula is C12H14F9NS. The highest BCUT2D eigenvalue weighted by Gasteiger charge is 2.82. The van der Waals surface area contributed by atoms with Crippen molar-refractivity contribution in [1.82, 2.24) is 0 Å². The fourth-order valence-corrected chi connectivity index (χ4v) is 3.52. The van der Waals surface area contributed by atoms with E-state index in [0.29, 0.717) is 0 Å². The zero-order chi connectivity index (χ0) is 18.5. The van der Waals surface area contributed by atoms with Gasteiger partial charge >= 0.3 is 11.4 Å². The van der Waals surface area contributed by atoms with Gasteiger partial charge in [-0.25, -0.2) is 0 Å². The number of nitrogens with two attached hydrogens (primary N) is 1. The second-order valence-electron chi connectivity index (χ2n) is 5.29. The topological polar surface area (TPSA) is 26.0 Å². The summed E-state index contributed by atoms with van der Waals surface area (Å²) in [4.78, 5) is -2.29. The molecule has 0 spiro atoms. The fourth-order valence-electron chi connectivity index (χ4n) is 1.84. The molecule has 11 heteroatoms. The maximum atomic E-state index is 14.0. The lowest BCUT2D eigenvalue weighted by atomic mass is 10.1. The highest BCUT2D eigenvalue weighted by molar-refractivity contribution is 8.50. The van der Waals surface area contributed by atoms with Gasteiger partial charge < -0.3 is 5.73 Å². The lowest BCUT2D eigenvalue weighted by Gasteiger charge is -2.54. The molecule has 2 N–H and O–H groups in total. The Hall–Kier alpha value is -1.26. The van der Waals surface area contributed by atoms with Crippen LogP contribution in [0.3, 0.4) is 0 Å². The molecular weight excluding hydrogens is 361 g/mol. The van der Waals surface area contributed by atoms with Gasteiger partial charge in [-0.15, -0.1) is 15.5 Å². The summed E-state index contributed by atoms with van der Waals surface area (Å²) in [5, 5.41) is -6.15. The third-order valence-electron chi connectivity index (χ3n) is 3.34. The molecule has 0 unspecified atom stereocenters. The number of nitrogen functional groups attached to an aromatic ring is 1. The fraction of sp³-hybridized carbons (Fsp3) is 0.500. The number of anilines is 1. The summed E-state index contributed by atoms with van der Waals surface area (Å²) in [7, 11) is -10.3. The van der Waals surface area contributed by atoms with Crippen LogP contribution in [0, 0.1) is 13.8 Å². The van der Waals surface area contributed by atoms with Crippen LogP contribution in [-0.2, 0) is 0 Å². The average molecular weight is 375 g/mol. The Morgan fingerprint density at radius 2 is 1.26 bits per heavy atom. The van der Waals surface area contributed by atoms with Crippen molar-refractivity contribution in [1.29, 1.82) is 0 Å². The van der Waals surface area contributed by atoms with Gasteiger partial charge in [0.15, 0.2) is 0 Å². The molecule has 1 rings (SSSR count).